The normalized spacial score (nSPS) is 26.2. The summed E-state index contributed by atoms with van der Waals surface area (Å²) in [6, 6.07) is 7.75. The van der Waals surface area contributed by atoms with Crippen molar-refractivity contribution >= 4 is 6.08 Å². The van der Waals surface area contributed by atoms with E-state index in [0.717, 1.165) is 70.3 Å². The first-order valence-electron chi connectivity index (χ1n) is 13.2. The lowest BCUT2D eigenvalue weighted by atomic mass is 9.75. The highest BCUT2D eigenvalue weighted by Crippen LogP contribution is 2.40. The molecule has 2 saturated carbocycles. The van der Waals surface area contributed by atoms with Crippen molar-refractivity contribution in [2.75, 3.05) is 0 Å². The lowest BCUT2D eigenvalue weighted by molar-refractivity contribution is 0.0727. The van der Waals surface area contributed by atoms with Crippen molar-refractivity contribution in [3.05, 3.63) is 70.5 Å². The first-order chi connectivity index (χ1) is 16.9. The molecule has 5 heteroatoms. The summed E-state index contributed by atoms with van der Waals surface area (Å²) < 4.78 is 44.1. The summed E-state index contributed by atoms with van der Waals surface area (Å²) in [5.74, 6) is -1.33. The molecule has 2 aromatic carbocycles. The number of halogens is 3. The summed E-state index contributed by atoms with van der Waals surface area (Å²) >= 11 is 0. The van der Waals surface area contributed by atoms with Crippen LogP contribution >= 0.6 is 0 Å². The van der Waals surface area contributed by atoms with Gasteiger partial charge in [-0.3, -0.25) is 0 Å². The molecule has 35 heavy (non-hydrogen) atoms. The molecule has 0 spiro atoms. The Bertz CT molecular complexity index is 1020. The van der Waals surface area contributed by atoms with E-state index in [1.165, 1.54) is 6.07 Å². The van der Waals surface area contributed by atoms with Gasteiger partial charge in [0.25, 0.3) is 0 Å². The molecule has 1 atom stereocenters. The van der Waals surface area contributed by atoms with Gasteiger partial charge in [0.1, 0.15) is 11.6 Å². The van der Waals surface area contributed by atoms with Crippen LogP contribution < -0.4 is 0 Å². The van der Waals surface area contributed by atoms with Crippen molar-refractivity contribution in [3.63, 3.8) is 0 Å². The van der Waals surface area contributed by atoms with Crippen molar-refractivity contribution in [2.45, 2.75) is 89.1 Å². The van der Waals surface area contributed by atoms with Gasteiger partial charge in [-0.2, -0.15) is 0 Å². The van der Waals surface area contributed by atoms with Crippen molar-refractivity contribution in [3.8, 4) is 5.75 Å². The van der Waals surface area contributed by atoms with Crippen LogP contribution in [-0.2, 0) is 0 Å². The number of aromatic hydroxyl groups is 1. The maximum atomic E-state index is 15.0. The smallest absolute Gasteiger partial charge is 0.166 e. The number of phenols is 1. The van der Waals surface area contributed by atoms with Crippen LogP contribution in [0.2, 0.25) is 0 Å². The fraction of sp³-hybridized carbons (Fsp3) is 0.533. The van der Waals surface area contributed by atoms with Crippen LogP contribution in [-0.4, -0.2) is 16.3 Å². The molecule has 2 aromatic rings. The minimum atomic E-state index is -0.785. The van der Waals surface area contributed by atoms with Crippen molar-refractivity contribution in [2.24, 2.45) is 11.8 Å². The second-order valence-electron chi connectivity index (χ2n) is 10.5. The Labute approximate surface area is 206 Å². The predicted molar refractivity (Wildman–Crippen MR) is 134 cm³/mol. The predicted octanol–water partition coefficient (Wildman–Crippen LogP) is 8.23. The van der Waals surface area contributed by atoms with Crippen LogP contribution in [0.1, 0.15) is 99.7 Å². The summed E-state index contributed by atoms with van der Waals surface area (Å²) in [5, 5.41) is 19.7. The molecule has 0 aliphatic heterocycles. The third kappa shape index (κ3) is 6.11. The molecular weight excluding hydrogens is 449 g/mol. The lowest BCUT2D eigenvalue weighted by Gasteiger charge is -2.32. The van der Waals surface area contributed by atoms with E-state index in [1.807, 2.05) is 6.08 Å². The Hall–Kier alpha value is -2.27. The summed E-state index contributed by atoms with van der Waals surface area (Å²) in [5.41, 5.74) is 1.37. The van der Waals surface area contributed by atoms with E-state index in [1.54, 1.807) is 24.3 Å². The number of aliphatic hydroxyl groups excluding tert-OH is 1. The highest BCUT2D eigenvalue weighted by atomic mass is 19.2. The molecule has 190 valence electrons. The third-order valence-corrected chi connectivity index (χ3v) is 8.23. The van der Waals surface area contributed by atoms with Gasteiger partial charge < -0.3 is 10.2 Å². The van der Waals surface area contributed by atoms with Gasteiger partial charge in [-0.25, -0.2) is 13.2 Å². The zero-order valence-corrected chi connectivity index (χ0v) is 20.5. The zero-order valence-electron chi connectivity index (χ0n) is 20.5. The molecule has 2 fully saturated rings. The van der Waals surface area contributed by atoms with E-state index >= 15 is 0 Å². The van der Waals surface area contributed by atoms with Crippen molar-refractivity contribution in [1.82, 2.24) is 0 Å². The minimum Gasteiger partial charge on any atom is -0.508 e. The third-order valence-electron chi connectivity index (χ3n) is 8.23. The van der Waals surface area contributed by atoms with Crippen LogP contribution in [0.4, 0.5) is 13.2 Å². The SMILES string of the molecule is CCCC(O)C1CCC(c2ccc(/C=C/C3CCC(c4ccc(O)cc4F)CC3)c(F)c2F)CC1. The number of hydrogen-bond donors (Lipinski definition) is 2. The number of hydrogen-bond acceptors (Lipinski definition) is 2. The number of phenolic OH excluding ortho intramolecular Hbond substituents is 1. The van der Waals surface area contributed by atoms with Crippen molar-refractivity contribution < 1.29 is 23.4 Å². The Balaban J connectivity index is 1.34. The first kappa shape index (κ1) is 25.8. The van der Waals surface area contributed by atoms with E-state index in [4.69, 9.17) is 0 Å². The Morgan fingerprint density at radius 1 is 0.857 bits per heavy atom. The van der Waals surface area contributed by atoms with E-state index < -0.39 is 11.6 Å². The molecule has 2 aliphatic carbocycles. The molecular formula is C30H37F3O2. The number of allylic oxidation sites excluding steroid dienone is 1. The molecule has 4 rings (SSSR count). The van der Waals surface area contributed by atoms with E-state index in [0.29, 0.717) is 11.1 Å². The number of aliphatic hydroxyl groups is 1. The fourth-order valence-electron chi connectivity index (χ4n) is 6.08. The minimum absolute atomic E-state index is 0.00294. The van der Waals surface area contributed by atoms with Gasteiger partial charge in [-0.05, 0) is 98.7 Å². The van der Waals surface area contributed by atoms with Crippen LogP contribution in [0.25, 0.3) is 6.08 Å². The topological polar surface area (TPSA) is 40.5 Å². The number of rotatable bonds is 7. The van der Waals surface area contributed by atoms with Crippen molar-refractivity contribution in [1.29, 1.82) is 0 Å². The molecule has 2 N–H and O–H groups in total. The summed E-state index contributed by atoms with van der Waals surface area (Å²) in [6.45, 7) is 2.06. The fourth-order valence-corrected chi connectivity index (χ4v) is 6.08. The standard InChI is InChI=1S/C30H37F3O2/c1-2-3-28(35)22-12-10-21(11-13-22)26-16-14-23(29(32)30(26)33)9-6-19-4-7-20(8-5-19)25-17-15-24(34)18-27(25)31/h6,9,14-22,28,34-35H,2-5,7-8,10-13H2,1H3/b9-6+. The lowest BCUT2D eigenvalue weighted by Crippen LogP contribution is -2.25. The number of benzene rings is 2. The molecule has 1 unspecified atom stereocenters. The van der Waals surface area contributed by atoms with E-state index in [2.05, 4.69) is 6.92 Å². The molecule has 2 aliphatic rings. The molecule has 0 radical (unpaired) electrons. The molecule has 0 heterocycles. The summed E-state index contributed by atoms with van der Waals surface area (Å²) in [7, 11) is 0. The Morgan fingerprint density at radius 3 is 2.14 bits per heavy atom. The summed E-state index contributed by atoms with van der Waals surface area (Å²) in [6.07, 6.45) is 11.7. The van der Waals surface area contributed by atoms with Gasteiger partial charge in [0.05, 0.1) is 6.10 Å². The largest absolute Gasteiger partial charge is 0.508 e. The van der Waals surface area contributed by atoms with Gasteiger partial charge in [0.2, 0.25) is 0 Å². The quantitative estimate of drug-likeness (QED) is 0.414. The highest BCUT2D eigenvalue weighted by molar-refractivity contribution is 5.52. The molecule has 0 bridgehead atoms. The van der Waals surface area contributed by atoms with Gasteiger partial charge in [0.15, 0.2) is 11.6 Å². The summed E-state index contributed by atoms with van der Waals surface area (Å²) in [4.78, 5) is 0. The maximum absolute atomic E-state index is 15.0. The second-order valence-corrected chi connectivity index (χ2v) is 10.5. The average Bonchev–Trinajstić information content (AvgIpc) is 2.86. The van der Waals surface area contributed by atoms with Gasteiger partial charge in [-0.1, -0.05) is 43.7 Å². The Morgan fingerprint density at radius 2 is 1.49 bits per heavy atom. The first-order valence-corrected chi connectivity index (χ1v) is 13.2. The molecule has 0 amide bonds. The van der Waals surface area contributed by atoms with Crippen LogP contribution in [0.3, 0.4) is 0 Å². The van der Waals surface area contributed by atoms with Gasteiger partial charge in [-0.15, -0.1) is 0 Å². The van der Waals surface area contributed by atoms with Crippen LogP contribution in [0, 0.1) is 29.3 Å². The molecule has 2 nitrogen and oxygen atoms in total. The molecule has 0 saturated heterocycles. The van der Waals surface area contributed by atoms with Gasteiger partial charge >= 0.3 is 0 Å². The highest BCUT2D eigenvalue weighted by Gasteiger charge is 2.29. The molecule has 0 aromatic heterocycles. The average molecular weight is 487 g/mol. The maximum Gasteiger partial charge on any atom is 0.166 e. The van der Waals surface area contributed by atoms with Crippen LogP contribution in [0.5, 0.6) is 5.75 Å². The van der Waals surface area contributed by atoms with Gasteiger partial charge in [0, 0.05) is 11.6 Å². The zero-order chi connectivity index (χ0) is 24.9. The van der Waals surface area contributed by atoms with E-state index in [-0.39, 0.29) is 46.9 Å². The Kier molecular flexibility index (Phi) is 8.59. The second kappa shape index (κ2) is 11.6. The monoisotopic (exact) mass is 486 g/mol. The van der Waals surface area contributed by atoms with Crippen LogP contribution in [0.15, 0.2) is 36.4 Å². The van der Waals surface area contributed by atoms with E-state index in [9.17, 15) is 23.4 Å².